The molecule has 1 aliphatic rings. The van der Waals surface area contributed by atoms with E-state index in [4.69, 9.17) is 9.47 Å². The minimum absolute atomic E-state index is 0.239. The molecule has 0 bridgehead atoms. The Bertz CT molecular complexity index is 479. The average molecular weight is 277 g/mol. The van der Waals surface area contributed by atoms with Crippen LogP contribution in [0.5, 0.6) is 0 Å². The van der Waals surface area contributed by atoms with Gasteiger partial charge in [0.2, 0.25) is 0 Å². The molecule has 1 saturated carbocycles. The molecule has 1 atom stereocenters. The predicted molar refractivity (Wildman–Crippen MR) is 73.2 cm³/mol. The SMILES string of the molecule is COCc1ccc(C(=O)O[C@H](C)C(=O)NC2CC2)cc1. The Balaban J connectivity index is 1.87. The van der Waals surface area contributed by atoms with Gasteiger partial charge in [-0.2, -0.15) is 0 Å². The van der Waals surface area contributed by atoms with E-state index in [1.54, 1.807) is 38.3 Å². The smallest absolute Gasteiger partial charge is 0.338 e. The van der Waals surface area contributed by atoms with E-state index in [-0.39, 0.29) is 11.9 Å². The van der Waals surface area contributed by atoms with Crippen LogP contribution in [-0.2, 0) is 20.9 Å². The molecule has 1 aromatic carbocycles. The fourth-order valence-electron chi connectivity index (χ4n) is 1.73. The number of carbonyl (C=O) groups excluding carboxylic acids is 2. The van der Waals surface area contributed by atoms with Crippen molar-refractivity contribution in [3.8, 4) is 0 Å². The van der Waals surface area contributed by atoms with Crippen LogP contribution in [0.25, 0.3) is 0 Å². The Morgan fingerprint density at radius 2 is 1.95 bits per heavy atom. The average Bonchev–Trinajstić information content (AvgIpc) is 3.23. The van der Waals surface area contributed by atoms with Crippen molar-refractivity contribution < 1.29 is 19.1 Å². The molecule has 5 nitrogen and oxygen atoms in total. The largest absolute Gasteiger partial charge is 0.449 e. The van der Waals surface area contributed by atoms with Gasteiger partial charge in [-0.15, -0.1) is 0 Å². The van der Waals surface area contributed by atoms with Crippen LogP contribution in [-0.4, -0.2) is 31.1 Å². The number of hydrogen-bond acceptors (Lipinski definition) is 4. The van der Waals surface area contributed by atoms with Gasteiger partial charge in [-0.1, -0.05) is 12.1 Å². The highest BCUT2D eigenvalue weighted by Gasteiger charge is 2.27. The summed E-state index contributed by atoms with van der Waals surface area (Å²) in [5.41, 5.74) is 1.40. The lowest BCUT2D eigenvalue weighted by molar-refractivity contribution is -0.129. The van der Waals surface area contributed by atoms with Gasteiger partial charge in [0.1, 0.15) is 0 Å². The van der Waals surface area contributed by atoms with Crippen molar-refractivity contribution in [2.24, 2.45) is 0 Å². The van der Waals surface area contributed by atoms with Gasteiger partial charge >= 0.3 is 5.97 Å². The Hall–Kier alpha value is -1.88. The first-order valence-corrected chi connectivity index (χ1v) is 6.69. The Labute approximate surface area is 118 Å². The highest BCUT2D eigenvalue weighted by molar-refractivity contribution is 5.92. The molecule has 2 rings (SSSR count). The minimum Gasteiger partial charge on any atom is -0.449 e. The predicted octanol–water partition coefficient (Wildman–Crippen LogP) is 1.66. The quantitative estimate of drug-likeness (QED) is 0.803. The molecule has 0 heterocycles. The van der Waals surface area contributed by atoms with E-state index in [1.165, 1.54) is 0 Å². The summed E-state index contributed by atoms with van der Waals surface area (Å²) in [6, 6.07) is 7.20. The Kier molecular flexibility index (Phi) is 4.74. The van der Waals surface area contributed by atoms with E-state index in [1.807, 2.05) is 0 Å². The number of methoxy groups -OCH3 is 1. The van der Waals surface area contributed by atoms with Gasteiger partial charge in [-0.3, -0.25) is 4.79 Å². The molecular weight excluding hydrogens is 258 g/mol. The monoisotopic (exact) mass is 277 g/mol. The van der Waals surface area contributed by atoms with Crippen molar-refractivity contribution in [3.05, 3.63) is 35.4 Å². The number of hydrogen-bond donors (Lipinski definition) is 1. The fourth-order valence-corrected chi connectivity index (χ4v) is 1.73. The number of benzene rings is 1. The first-order valence-electron chi connectivity index (χ1n) is 6.69. The molecule has 0 saturated heterocycles. The Morgan fingerprint density at radius 1 is 1.30 bits per heavy atom. The molecule has 1 aromatic rings. The fraction of sp³-hybridized carbons (Fsp3) is 0.467. The molecular formula is C15H19NO4. The van der Waals surface area contributed by atoms with Gasteiger partial charge in [0.15, 0.2) is 6.10 Å². The molecule has 1 fully saturated rings. The van der Waals surface area contributed by atoms with E-state index < -0.39 is 12.1 Å². The molecule has 5 heteroatoms. The van der Waals surface area contributed by atoms with Gasteiger partial charge in [0, 0.05) is 13.2 Å². The van der Waals surface area contributed by atoms with Crippen LogP contribution in [0, 0.1) is 0 Å². The maximum absolute atomic E-state index is 11.9. The Morgan fingerprint density at radius 3 is 2.50 bits per heavy atom. The number of carbonyl (C=O) groups is 2. The number of esters is 1. The normalized spacial score (nSPS) is 15.5. The summed E-state index contributed by atoms with van der Waals surface area (Å²) in [5, 5.41) is 2.80. The first-order chi connectivity index (χ1) is 9.60. The summed E-state index contributed by atoms with van der Waals surface area (Å²) in [4.78, 5) is 23.6. The third-order valence-corrected chi connectivity index (χ3v) is 3.08. The molecule has 0 aromatic heterocycles. The molecule has 20 heavy (non-hydrogen) atoms. The van der Waals surface area contributed by atoms with Crippen LogP contribution in [0.2, 0.25) is 0 Å². The maximum atomic E-state index is 11.9. The van der Waals surface area contributed by atoms with Crippen LogP contribution in [0.1, 0.15) is 35.7 Å². The van der Waals surface area contributed by atoms with E-state index in [2.05, 4.69) is 5.32 Å². The van der Waals surface area contributed by atoms with Gasteiger partial charge in [0.05, 0.1) is 12.2 Å². The molecule has 0 spiro atoms. The molecule has 0 unspecified atom stereocenters. The summed E-state index contributed by atoms with van der Waals surface area (Å²) >= 11 is 0. The summed E-state index contributed by atoms with van der Waals surface area (Å²) < 4.78 is 10.1. The molecule has 108 valence electrons. The molecule has 0 radical (unpaired) electrons. The summed E-state index contributed by atoms with van der Waals surface area (Å²) in [5.74, 6) is -0.732. The second-order valence-electron chi connectivity index (χ2n) is 4.96. The zero-order chi connectivity index (χ0) is 14.5. The second kappa shape index (κ2) is 6.52. The first kappa shape index (κ1) is 14.5. The lowest BCUT2D eigenvalue weighted by Crippen LogP contribution is -2.37. The van der Waals surface area contributed by atoms with Gasteiger partial charge in [-0.05, 0) is 37.5 Å². The number of rotatable bonds is 6. The minimum atomic E-state index is -0.776. The topological polar surface area (TPSA) is 64.6 Å². The van der Waals surface area contributed by atoms with E-state index in [0.29, 0.717) is 12.2 Å². The van der Waals surface area contributed by atoms with Crippen LogP contribution < -0.4 is 5.32 Å². The van der Waals surface area contributed by atoms with Crippen molar-refractivity contribution in [2.45, 2.75) is 38.5 Å². The lowest BCUT2D eigenvalue weighted by atomic mass is 10.1. The van der Waals surface area contributed by atoms with Crippen molar-refractivity contribution in [1.82, 2.24) is 5.32 Å². The summed E-state index contributed by atoms with van der Waals surface area (Å²) in [6.07, 6.45) is 1.24. The number of amides is 1. The molecule has 1 aliphatic carbocycles. The van der Waals surface area contributed by atoms with Gasteiger partial charge in [0.25, 0.3) is 5.91 Å². The highest BCUT2D eigenvalue weighted by Crippen LogP contribution is 2.19. The lowest BCUT2D eigenvalue weighted by Gasteiger charge is -2.13. The summed E-state index contributed by atoms with van der Waals surface area (Å²) in [7, 11) is 1.61. The molecule has 1 N–H and O–H groups in total. The number of nitrogens with one attached hydrogen (secondary N) is 1. The van der Waals surface area contributed by atoms with E-state index in [0.717, 1.165) is 18.4 Å². The summed E-state index contributed by atoms with van der Waals surface area (Å²) in [6.45, 7) is 2.07. The van der Waals surface area contributed by atoms with Crippen molar-refractivity contribution in [1.29, 1.82) is 0 Å². The number of ether oxygens (including phenoxy) is 2. The van der Waals surface area contributed by atoms with Crippen molar-refractivity contribution >= 4 is 11.9 Å². The van der Waals surface area contributed by atoms with Crippen LogP contribution in [0.4, 0.5) is 0 Å². The van der Waals surface area contributed by atoms with E-state index >= 15 is 0 Å². The van der Waals surface area contributed by atoms with Crippen molar-refractivity contribution in [3.63, 3.8) is 0 Å². The standard InChI is InChI=1S/C15H19NO4/c1-10(14(17)16-13-7-8-13)20-15(18)12-5-3-11(4-6-12)9-19-2/h3-6,10,13H,7-9H2,1-2H3,(H,16,17)/t10-/m1/s1. The molecule has 1 amide bonds. The van der Waals surface area contributed by atoms with Crippen molar-refractivity contribution in [2.75, 3.05) is 7.11 Å². The molecule has 0 aliphatic heterocycles. The van der Waals surface area contributed by atoms with Crippen LogP contribution in [0.3, 0.4) is 0 Å². The van der Waals surface area contributed by atoms with E-state index in [9.17, 15) is 9.59 Å². The zero-order valence-corrected chi connectivity index (χ0v) is 11.7. The highest BCUT2D eigenvalue weighted by atomic mass is 16.5. The second-order valence-corrected chi connectivity index (χ2v) is 4.96. The van der Waals surface area contributed by atoms with Gasteiger partial charge < -0.3 is 14.8 Å². The third kappa shape index (κ3) is 4.06. The zero-order valence-electron chi connectivity index (χ0n) is 11.7. The van der Waals surface area contributed by atoms with Crippen LogP contribution >= 0.6 is 0 Å². The van der Waals surface area contributed by atoms with Crippen LogP contribution in [0.15, 0.2) is 24.3 Å². The maximum Gasteiger partial charge on any atom is 0.338 e. The third-order valence-electron chi connectivity index (χ3n) is 3.08. The van der Waals surface area contributed by atoms with Gasteiger partial charge in [-0.25, -0.2) is 4.79 Å².